The third-order valence-corrected chi connectivity index (χ3v) is 6.08. The van der Waals surface area contributed by atoms with Crippen LogP contribution in [0.25, 0.3) is 0 Å². The zero-order valence-corrected chi connectivity index (χ0v) is 12.4. The summed E-state index contributed by atoms with van der Waals surface area (Å²) < 4.78 is 30.8. The van der Waals surface area contributed by atoms with E-state index >= 15 is 0 Å². The molecule has 0 spiro atoms. The Labute approximate surface area is 124 Å². The molecule has 1 aromatic carbocycles. The van der Waals surface area contributed by atoms with E-state index in [-0.39, 0.29) is 10.1 Å². The Morgan fingerprint density at radius 1 is 1.14 bits per heavy atom. The fourth-order valence-corrected chi connectivity index (χ4v) is 4.26. The van der Waals surface area contributed by atoms with E-state index in [1.165, 1.54) is 18.5 Å². The van der Waals surface area contributed by atoms with E-state index in [1.807, 2.05) is 30.3 Å². The van der Waals surface area contributed by atoms with E-state index in [9.17, 15) is 8.42 Å². The number of rotatable bonds is 5. The van der Waals surface area contributed by atoms with Gasteiger partial charge in [0.05, 0.1) is 11.4 Å². The van der Waals surface area contributed by atoms with Crippen LogP contribution in [0.4, 0.5) is 0 Å². The second-order valence-corrected chi connectivity index (χ2v) is 7.39. The summed E-state index contributed by atoms with van der Waals surface area (Å²) in [6.07, 6.45) is 5.44. The average Bonchev–Trinajstić information content (AvgIpc) is 2.44. The number of hydrogen-bond donors (Lipinski definition) is 0. The Kier molecular flexibility index (Phi) is 3.92. The van der Waals surface area contributed by atoms with Gasteiger partial charge in [-0.15, -0.1) is 0 Å². The first-order valence-electron chi connectivity index (χ1n) is 7.02. The van der Waals surface area contributed by atoms with Crippen molar-refractivity contribution < 1.29 is 13.2 Å². The van der Waals surface area contributed by atoms with Crippen molar-refractivity contribution in [3.05, 3.63) is 54.4 Å². The summed E-state index contributed by atoms with van der Waals surface area (Å²) >= 11 is 0. The third-order valence-electron chi connectivity index (χ3n) is 3.78. The monoisotopic (exact) mass is 303 g/mol. The average molecular weight is 303 g/mol. The Balaban J connectivity index is 1.83. The molecule has 1 aromatic heterocycles. The van der Waals surface area contributed by atoms with Gasteiger partial charge in [0.1, 0.15) is 11.5 Å². The Morgan fingerprint density at radius 2 is 1.90 bits per heavy atom. The Bertz CT molecular complexity index is 709. The Morgan fingerprint density at radius 3 is 2.57 bits per heavy atom. The van der Waals surface area contributed by atoms with Gasteiger partial charge in [0.2, 0.25) is 0 Å². The first-order valence-corrected chi connectivity index (χ1v) is 8.57. The Hall–Kier alpha value is -1.88. The van der Waals surface area contributed by atoms with Crippen molar-refractivity contribution in [1.29, 1.82) is 0 Å². The van der Waals surface area contributed by atoms with Crippen molar-refractivity contribution in [1.82, 2.24) is 4.98 Å². The highest BCUT2D eigenvalue weighted by molar-refractivity contribution is 7.92. The number of pyridine rings is 1. The lowest BCUT2D eigenvalue weighted by molar-refractivity contribution is 0.296. The molecule has 0 radical (unpaired) electrons. The molecule has 1 aliphatic rings. The van der Waals surface area contributed by atoms with Crippen LogP contribution in [0.2, 0.25) is 0 Å². The van der Waals surface area contributed by atoms with Crippen LogP contribution in [0.15, 0.2) is 53.7 Å². The first-order chi connectivity index (χ1) is 10.2. The summed E-state index contributed by atoms with van der Waals surface area (Å²) in [5.41, 5.74) is 0.994. The fourth-order valence-electron chi connectivity index (χ4n) is 2.31. The van der Waals surface area contributed by atoms with Crippen LogP contribution in [-0.2, 0) is 16.4 Å². The maximum Gasteiger partial charge on any atom is 0.184 e. The molecule has 5 heteroatoms. The minimum absolute atomic E-state index is 0.262. The molecule has 1 fully saturated rings. The zero-order valence-electron chi connectivity index (χ0n) is 11.6. The number of sulfone groups is 1. The van der Waals surface area contributed by atoms with E-state index in [2.05, 4.69) is 4.98 Å². The molecular weight excluding hydrogens is 286 g/mol. The molecule has 21 heavy (non-hydrogen) atoms. The number of aromatic nitrogens is 1. The molecule has 0 amide bonds. The van der Waals surface area contributed by atoms with Gasteiger partial charge in [-0.25, -0.2) is 8.42 Å². The molecular formula is C16H17NO3S. The van der Waals surface area contributed by atoms with Gasteiger partial charge in [0.25, 0.3) is 0 Å². The summed E-state index contributed by atoms with van der Waals surface area (Å²) in [5, 5.41) is -0.265. The molecule has 0 atom stereocenters. The normalized spacial score (nSPS) is 15.4. The highest BCUT2D eigenvalue weighted by Gasteiger charge is 2.34. The number of ether oxygens (including phenoxy) is 1. The molecule has 4 nitrogen and oxygen atoms in total. The molecule has 0 N–H and O–H groups in total. The zero-order chi connectivity index (χ0) is 14.7. The topological polar surface area (TPSA) is 56.3 Å². The predicted octanol–water partition coefficient (Wildman–Crippen LogP) is 2.99. The lowest BCUT2D eigenvalue weighted by atomic mass is 10.00. The molecule has 0 bridgehead atoms. The second-order valence-electron chi connectivity index (χ2n) is 5.19. The van der Waals surface area contributed by atoms with E-state index < -0.39 is 9.84 Å². The molecule has 3 rings (SSSR count). The van der Waals surface area contributed by atoms with Crippen LogP contribution >= 0.6 is 0 Å². The number of benzene rings is 1. The summed E-state index contributed by atoms with van der Waals surface area (Å²) in [4.78, 5) is 4.25. The van der Waals surface area contributed by atoms with Gasteiger partial charge in [0.15, 0.2) is 15.6 Å². The molecule has 0 unspecified atom stereocenters. The highest BCUT2D eigenvalue weighted by Crippen LogP contribution is 2.35. The van der Waals surface area contributed by atoms with E-state index in [0.717, 1.165) is 24.8 Å². The molecule has 110 valence electrons. The highest BCUT2D eigenvalue weighted by atomic mass is 32.2. The van der Waals surface area contributed by atoms with Crippen LogP contribution in [0.3, 0.4) is 0 Å². The summed E-state index contributed by atoms with van der Waals surface area (Å²) in [7, 11) is -3.30. The van der Waals surface area contributed by atoms with Crippen molar-refractivity contribution >= 4 is 9.84 Å². The second kappa shape index (κ2) is 5.85. The van der Waals surface area contributed by atoms with Crippen molar-refractivity contribution in [3.63, 3.8) is 0 Å². The summed E-state index contributed by atoms with van der Waals surface area (Å²) in [6.45, 7) is 0.333. The van der Waals surface area contributed by atoms with Crippen LogP contribution in [0.1, 0.15) is 24.8 Å². The van der Waals surface area contributed by atoms with Gasteiger partial charge in [-0.3, -0.25) is 4.98 Å². The number of nitrogens with zero attached hydrogens (tertiary/aromatic N) is 1. The van der Waals surface area contributed by atoms with Gasteiger partial charge in [-0.1, -0.05) is 36.8 Å². The van der Waals surface area contributed by atoms with Gasteiger partial charge in [-0.2, -0.15) is 0 Å². The van der Waals surface area contributed by atoms with E-state index in [0.29, 0.717) is 12.4 Å². The summed E-state index contributed by atoms with van der Waals surface area (Å²) in [5.74, 6) is 0.341. The van der Waals surface area contributed by atoms with Gasteiger partial charge in [0, 0.05) is 6.20 Å². The molecule has 1 saturated carbocycles. The molecule has 1 heterocycles. The first kappa shape index (κ1) is 14.1. The molecule has 1 aliphatic carbocycles. The summed E-state index contributed by atoms with van der Waals surface area (Å²) in [6, 6.07) is 11.2. The number of hydrogen-bond acceptors (Lipinski definition) is 4. The van der Waals surface area contributed by atoms with E-state index in [1.54, 1.807) is 0 Å². The van der Waals surface area contributed by atoms with Gasteiger partial charge < -0.3 is 4.74 Å². The molecule has 2 aromatic rings. The maximum atomic E-state index is 12.5. The van der Waals surface area contributed by atoms with Crippen LogP contribution in [0, 0.1) is 0 Å². The van der Waals surface area contributed by atoms with Crippen LogP contribution < -0.4 is 4.74 Å². The van der Waals surface area contributed by atoms with Crippen molar-refractivity contribution in [2.24, 2.45) is 0 Å². The standard InChI is InChI=1S/C16H17NO3S/c18-21(19,14-7-4-8-14)16-9-10-17-11-15(16)20-12-13-5-2-1-3-6-13/h1-3,5-6,9-11,14H,4,7-8,12H2. The predicted molar refractivity (Wildman–Crippen MR) is 79.8 cm³/mol. The quantitative estimate of drug-likeness (QED) is 0.852. The fraction of sp³-hybridized carbons (Fsp3) is 0.312. The molecule has 0 saturated heterocycles. The lowest BCUT2D eigenvalue weighted by Crippen LogP contribution is -2.28. The van der Waals surface area contributed by atoms with Crippen molar-refractivity contribution in [3.8, 4) is 5.75 Å². The van der Waals surface area contributed by atoms with Crippen molar-refractivity contribution in [2.45, 2.75) is 36.0 Å². The van der Waals surface area contributed by atoms with Gasteiger partial charge >= 0.3 is 0 Å². The smallest absolute Gasteiger partial charge is 0.184 e. The lowest BCUT2D eigenvalue weighted by Gasteiger charge is -2.25. The van der Waals surface area contributed by atoms with Crippen LogP contribution in [-0.4, -0.2) is 18.7 Å². The molecule has 0 aliphatic heterocycles. The largest absolute Gasteiger partial charge is 0.486 e. The van der Waals surface area contributed by atoms with E-state index in [4.69, 9.17) is 4.74 Å². The van der Waals surface area contributed by atoms with Gasteiger partial charge in [-0.05, 0) is 24.5 Å². The minimum Gasteiger partial charge on any atom is -0.486 e. The SMILES string of the molecule is O=S(=O)(c1ccncc1OCc1ccccc1)C1CCC1. The van der Waals surface area contributed by atoms with Crippen LogP contribution in [0.5, 0.6) is 5.75 Å². The third kappa shape index (κ3) is 2.93. The minimum atomic E-state index is -3.30. The van der Waals surface area contributed by atoms with Crippen molar-refractivity contribution in [2.75, 3.05) is 0 Å². The maximum absolute atomic E-state index is 12.5.